The van der Waals surface area contributed by atoms with E-state index in [2.05, 4.69) is 5.10 Å². The Bertz CT molecular complexity index is 962. The molecule has 1 aliphatic rings. The molecule has 7 heteroatoms. The van der Waals surface area contributed by atoms with Crippen molar-refractivity contribution in [2.45, 2.75) is 18.9 Å². The molecule has 27 heavy (non-hydrogen) atoms. The van der Waals surface area contributed by atoms with Crippen LogP contribution in [0.15, 0.2) is 53.2 Å². The number of carbonyl (C=O) groups is 1. The molecule has 0 bridgehead atoms. The molecule has 1 aliphatic heterocycles. The number of para-hydroxylation sites is 2. The number of aromatic nitrogens is 2. The van der Waals surface area contributed by atoms with Crippen LogP contribution in [0.5, 0.6) is 5.75 Å². The molecule has 1 fully saturated rings. The van der Waals surface area contributed by atoms with Crippen LogP contribution >= 0.6 is 0 Å². The molecule has 0 aliphatic carbocycles. The Kier molecular flexibility index (Phi) is 4.45. The van der Waals surface area contributed by atoms with Crippen molar-refractivity contribution in [1.82, 2.24) is 14.7 Å². The quantitative estimate of drug-likeness (QED) is 0.766. The van der Waals surface area contributed by atoms with E-state index in [1.54, 1.807) is 29.1 Å². The van der Waals surface area contributed by atoms with Crippen molar-refractivity contribution in [3.8, 4) is 11.4 Å². The van der Waals surface area contributed by atoms with E-state index in [0.717, 1.165) is 17.2 Å². The van der Waals surface area contributed by atoms with Gasteiger partial charge in [0.15, 0.2) is 0 Å². The van der Waals surface area contributed by atoms with Crippen LogP contribution < -0.4 is 10.5 Å². The molecule has 3 heterocycles. The minimum atomic E-state index is -0.149. The second-order valence-electron chi connectivity index (χ2n) is 6.77. The van der Waals surface area contributed by atoms with E-state index < -0.39 is 0 Å². The Balaban J connectivity index is 1.53. The number of rotatable bonds is 4. The van der Waals surface area contributed by atoms with Gasteiger partial charge in [-0.05, 0) is 31.2 Å². The number of nitrogens with two attached hydrogens (primary N) is 1. The number of likely N-dealkylation sites (tertiary alicyclic amines) is 1. The Labute approximate surface area is 157 Å². The number of hydrogen-bond donors (Lipinski definition) is 1. The third kappa shape index (κ3) is 3.21. The molecule has 2 atom stereocenters. The SMILES string of the molecule is COc1ccccc1-n1cc(C(=O)N2C[C@@H](N)[C@H](c3ccc(C)o3)C2)cn1. The van der Waals surface area contributed by atoms with Gasteiger partial charge in [0.05, 0.1) is 24.8 Å². The Morgan fingerprint density at radius 3 is 2.81 bits per heavy atom. The van der Waals surface area contributed by atoms with Gasteiger partial charge < -0.3 is 19.8 Å². The third-order valence-electron chi connectivity index (χ3n) is 4.94. The highest BCUT2D eigenvalue weighted by Crippen LogP contribution is 2.29. The molecule has 0 radical (unpaired) electrons. The van der Waals surface area contributed by atoms with E-state index in [4.69, 9.17) is 14.9 Å². The van der Waals surface area contributed by atoms with Crippen LogP contribution in [0.4, 0.5) is 0 Å². The van der Waals surface area contributed by atoms with Gasteiger partial charge in [-0.2, -0.15) is 5.10 Å². The maximum atomic E-state index is 12.9. The van der Waals surface area contributed by atoms with Crippen LogP contribution in [-0.2, 0) is 0 Å². The lowest BCUT2D eigenvalue weighted by molar-refractivity contribution is 0.0788. The Morgan fingerprint density at radius 1 is 1.26 bits per heavy atom. The minimum absolute atomic E-state index is 0.00640. The smallest absolute Gasteiger partial charge is 0.257 e. The molecule has 2 N–H and O–H groups in total. The van der Waals surface area contributed by atoms with Crippen molar-refractivity contribution < 1.29 is 13.9 Å². The van der Waals surface area contributed by atoms with Crippen molar-refractivity contribution >= 4 is 5.91 Å². The molecule has 1 amide bonds. The van der Waals surface area contributed by atoms with Gasteiger partial charge in [-0.3, -0.25) is 4.79 Å². The van der Waals surface area contributed by atoms with E-state index in [9.17, 15) is 4.79 Å². The van der Waals surface area contributed by atoms with Crippen LogP contribution in [-0.4, -0.2) is 46.8 Å². The molecular weight excluding hydrogens is 344 g/mol. The summed E-state index contributed by atoms with van der Waals surface area (Å²) in [7, 11) is 1.61. The summed E-state index contributed by atoms with van der Waals surface area (Å²) in [6.45, 7) is 2.93. The number of hydrogen-bond acceptors (Lipinski definition) is 5. The molecule has 2 aromatic heterocycles. The van der Waals surface area contributed by atoms with Gasteiger partial charge in [0, 0.05) is 25.3 Å². The van der Waals surface area contributed by atoms with Gasteiger partial charge >= 0.3 is 0 Å². The highest BCUT2D eigenvalue weighted by atomic mass is 16.5. The lowest BCUT2D eigenvalue weighted by Crippen LogP contribution is -2.32. The summed E-state index contributed by atoms with van der Waals surface area (Å²) >= 11 is 0. The number of methoxy groups -OCH3 is 1. The number of nitrogens with zero attached hydrogens (tertiary/aromatic N) is 3. The molecule has 140 valence electrons. The Hall–Kier alpha value is -3.06. The number of amides is 1. The zero-order valence-corrected chi connectivity index (χ0v) is 15.3. The molecule has 1 saturated heterocycles. The summed E-state index contributed by atoms with van der Waals surface area (Å²) in [5.74, 6) is 2.29. The lowest BCUT2D eigenvalue weighted by atomic mass is 10.0. The topological polar surface area (TPSA) is 86.5 Å². The first-order chi connectivity index (χ1) is 13.1. The van der Waals surface area contributed by atoms with E-state index >= 15 is 0 Å². The maximum absolute atomic E-state index is 12.9. The van der Waals surface area contributed by atoms with Crippen LogP contribution in [0.2, 0.25) is 0 Å². The van der Waals surface area contributed by atoms with Crippen LogP contribution in [0, 0.1) is 6.92 Å². The monoisotopic (exact) mass is 366 g/mol. The summed E-state index contributed by atoms with van der Waals surface area (Å²) in [6.07, 6.45) is 3.29. The van der Waals surface area contributed by atoms with E-state index in [0.29, 0.717) is 24.4 Å². The summed E-state index contributed by atoms with van der Waals surface area (Å²) < 4.78 is 12.7. The number of ether oxygens (including phenoxy) is 1. The number of furan rings is 1. The van der Waals surface area contributed by atoms with Crippen molar-refractivity contribution in [2.24, 2.45) is 5.73 Å². The Morgan fingerprint density at radius 2 is 2.07 bits per heavy atom. The zero-order valence-electron chi connectivity index (χ0n) is 15.3. The predicted molar refractivity (Wildman–Crippen MR) is 100 cm³/mol. The first-order valence-corrected chi connectivity index (χ1v) is 8.86. The normalized spacial score (nSPS) is 19.4. The summed E-state index contributed by atoms with van der Waals surface area (Å²) in [5.41, 5.74) is 7.57. The fourth-order valence-electron chi connectivity index (χ4n) is 3.52. The fraction of sp³-hybridized carbons (Fsp3) is 0.300. The molecule has 7 nitrogen and oxygen atoms in total. The minimum Gasteiger partial charge on any atom is -0.494 e. The number of aryl methyl sites for hydroxylation is 1. The standard InChI is InChI=1S/C20H22N4O3/c1-13-7-8-18(27-13)15-11-23(12-16(15)21)20(25)14-9-22-24(10-14)17-5-3-4-6-19(17)26-2/h3-10,15-16H,11-12,21H2,1-2H3/t15-,16-/m1/s1. The molecule has 3 aromatic rings. The van der Waals surface area contributed by atoms with Crippen LogP contribution in [0.1, 0.15) is 27.8 Å². The van der Waals surface area contributed by atoms with Crippen LogP contribution in [0.3, 0.4) is 0 Å². The predicted octanol–water partition coefficient (Wildman–Crippen LogP) is 2.35. The second-order valence-corrected chi connectivity index (χ2v) is 6.77. The van der Waals surface area contributed by atoms with Gasteiger partial charge in [-0.15, -0.1) is 0 Å². The van der Waals surface area contributed by atoms with E-state index in [1.807, 2.05) is 43.3 Å². The average Bonchev–Trinajstić information content (AvgIpc) is 3.40. The average molecular weight is 366 g/mol. The van der Waals surface area contributed by atoms with Gasteiger partial charge in [-0.25, -0.2) is 4.68 Å². The molecule has 0 saturated carbocycles. The molecular formula is C20H22N4O3. The first kappa shape index (κ1) is 17.4. The van der Waals surface area contributed by atoms with Crippen molar-refractivity contribution in [1.29, 1.82) is 0 Å². The van der Waals surface area contributed by atoms with Gasteiger partial charge in [0.2, 0.25) is 0 Å². The number of carbonyl (C=O) groups excluding carboxylic acids is 1. The zero-order chi connectivity index (χ0) is 19.0. The summed E-state index contributed by atoms with van der Waals surface area (Å²) in [6, 6.07) is 11.2. The van der Waals surface area contributed by atoms with Crippen molar-refractivity contribution in [2.75, 3.05) is 20.2 Å². The lowest BCUT2D eigenvalue weighted by Gasteiger charge is -2.14. The molecule has 0 unspecified atom stereocenters. The summed E-state index contributed by atoms with van der Waals surface area (Å²) in [4.78, 5) is 14.7. The third-order valence-corrected chi connectivity index (χ3v) is 4.94. The van der Waals surface area contributed by atoms with Crippen molar-refractivity contribution in [3.63, 3.8) is 0 Å². The molecule has 4 rings (SSSR count). The number of benzene rings is 1. The highest BCUT2D eigenvalue weighted by Gasteiger charge is 2.36. The van der Waals surface area contributed by atoms with Gasteiger partial charge in [0.25, 0.3) is 5.91 Å². The highest BCUT2D eigenvalue weighted by molar-refractivity contribution is 5.94. The van der Waals surface area contributed by atoms with Crippen molar-refractivity contribution in [3.05, 3.63) is 65.9 Å². The molecule has 1 aromatic carbocycles. The van der Waals surface area contributed by atoms with Gasteiger partial charge in [0.1, 0.15) is 23.0 Å². The largest absolute Gasteiger partial charge is 0.494 e. The summed E-state index contributed by atoms with van der Waals surface area (Å²) in [5, 5.41) is 4.33. The van der Waals surface area contributed by atoms with E-state index in [1.165, 1.54) is 0 Å². The van der Waals surface area contributed by atoms with Crippen LogP contribution in [0.25, 0.3) is 5.69 Å². The van der Waals surface area contributed by atoms with E-state index in [-0.39, 0.29) is 17.9 Å². The first-order valence-electron chi connectivity index (χ1n) is 8.86. The second kappa shape index (κ2) is 6.92. The molecule has 0 spiro atoms. The fourth-order valence-corrected chi connectivity index (χ4v) is 3.52. The van der Waals surface area contributed by atoms with Gasteiger partial charge in [-0.1, -0.05) is 12.1 Å². The maximum Gasteiger partial charge on any atom is 0.257 e.